The number of piperidine rings is 2. The van der Waals surface area contributed by atoms with Crippen LogP contribution in [0.25, 0.3) is 0 Å². The second-order valence-corrected chi connectivity index (χ2v) is 8.01. The van der Waals surface area contributed by atoms with Gasteiger partial charge >= 0.3 is 0 Å². The fraction of sp³-hybridized carbons (Fsp3) is 0.737. The van der Waals surface area contributed by atoms with Crippen LogP contribution in [0.1, 0.15) is 46.0 Å². The van der Waals surface area contributed by atoms with Gasteiger partial charge < -0.3 is 9.80 Å². The maximum Gasteiger partial charge on any atom is 0.227 e. The van der Waals surface area contributed by atoms with Gasteiger partial charge in [0.2, 0.25) is 11.8 Å². The van der Waals surface area contributed by atoms with Crippen molar-refractivity contribution in [2.24, 2.45) is 24.8 Å². The third kappa shape index (κ3) is 4.22. The van der Waals surface area contributed by atoms with E-state index in [2.05, 4.69) is 18.9 Å². The third-order valence-electron chi connectivity index (χ3n) is 5.49. The normalized spacial score (nSPS) is 22.7. The number of carbonyl (C=O) groups is 2. The van der Waals surface area contributed by atoms with E-state index in [0.717, 1.165) is 43.5 Å². The zero-order valence-electron chi connectivity index (χ0n) is 15.6. The van der Waals surface area contributed by atoms with Crippen LogP contribution in [0.15, 0.2) is 12.4 Å². The summed E-state index contributed by atoms with van der Waals surface area (Å²) in [6.07, 6.45) is 8.12. The van der Waals surface area contributed by atoms with Crippen LogP contribution in [0.3, 0.4) is 0 Å². The zero-order chi connectivity index (χ0) is 18.0. The quantitative estimate of drug-likeness (QED) is 0.841. The van der Waals surface area contributed by atoms with Crippen LogP contribution >= 0.6 is 0 Å². The molecule has 3 heterocycles. The summed E-state index contributed by atoms with van der Waals surface area (Å²) in [4.78, 5) is 28.9. The largest absolute Gasteiger partial charge is 0.342 e. The highest BCUT2D eigenvalue weighted by molar-refractivity contribution is 5.96. The lowest BCUT2D eigenvalue weighted by atomic mass is 9.87. The monoisotopic (exact) mass is 346 g/mol. The van der Waals surface area contributed by atoms with Gasteiger partial charge in [0.1, 0.15) is 0 Å². The first-order valence-corrected chi connectivity index (χ1v) is 9.52. The van der Waals surface area contributed by atoms with Crippen LogP contribution in [-0.4, -0.2) is 46.1 Å². The average Bonchev–Trinajstić information content (AvgIpc) is 3.01. The lowest BCUT2D eigenvalue weighted by molar-refractivity contribution is -0.138. The molecular formula is C19H30N4O2. The summed E-state index contributed by atoms with van der Waals surface area (Å²) >= 11 is 0. The maximum absolute atomic E-state index is 12.9. The van der Waals surface area contributed by atoms with Crippen LogP contribution in [0.4, 0.5) is 5.69 Å². The number of nitrogens with zero attached hydrogens (tertiary/aromatic N) is 4. The van der Waals surface area contributed by atoms with Crippen molar-refractivity contribution in [3.63, 3.8) is 0 Å². The Morgan fingerprint density at radius 3 is 2.60 bits per heavy atom. The fourth-order valence-electron chi connectivity index (χ4n) is 4.16. The van der Waals surface area contributed by atoms with Crippen LogP contribution in [0.5, 0.6) is 0 Å². The number of amides is 2. The molecule has 6 heteroatoms. The minimum absolute atomic E-state index is 0.0837. The molecular weight excluding hydrogens is 316 g/mol. The van der Waals surface area contributed by atoms with Crippen molar-refractivity contribution in [2.75, 3.05) is 24.5 Å². The highest BCUT2D eigenvalue weighted by atomic mass is 16.2. The van der Waals surface area contributed by atoms with Crippen molar-refractivity contribution in [1.82, 2.24) is 14.7 Å². The Kier molecular flexibility index (Phi) is 5.45. The minimum atomic E-state index is -0.0837. The van der Waals surface area contributed by atoms with Gasteiger partial charge in [0, 0.05) is 39.3 Å². The van der Waals surface area contributed by atoms with Crippen molar-refractivity contribution in [3.8, 4) is 0 Å². The van der Waals surface area contributed by atoms with Gasteiger partial charge in [0.15, 0.2) is 0 Å². The van der Waals surface area contributed by atoms with Gasteiger partial charge in [-0.25, -0.2) is 0 Å². The van der Waals surface area contributed by atoms with Gasteiger partial charge in [0.05, 0.1) is 17.8 Å². The zero-order valence-corrected chi connectivity index (χ0v) is 15.6. The highest BCUT2D eigenvalue weighted by Crippen LogP contribution is 2.28. The molecule has 6 nitrogen and oxygen atoms in total. The molecule has 3 rings (SSSR count). The van der Waals surface area contributed by atoms with E-state index in [1.807, 2.05) is 18.1 Å². The molecule has 138 valence electrons. The molecule has 1 atom stereocenters. The predicted molar refractivity (Wildman–Crippen MR) is 97.0 cm³/mol. The first-order chi connectivity index (χ1) is 11.9. The lowest BCUT2D eigenvalue weighted by Crippen LogP contribution is -2.49. The second-order valence-electron chi connectivity index (χ2n) is 8.01. The summed E-state index contributed by atoms with van der Waals surface area (Å²) in [5.74, 6) is 1.71. The fourth-order valence-corrected chi connectivity index (χ4v) is 4.16. The Morgan fingerprint density at radius 1 is 1.28 bits per heavy atom. The van der Waals surface area contributed by atoms with Gasteiger partial charge in [-0.2, -0.15) is 5.10 Å². The summed E-state index contributed by atoms with van der Waals surface area (Å²) in [6.45, 7) is 6.75. The number of rotatable bonds is 4. The van der Waals surface area contributed by atoms with E-state index in [0.29, 0.717) is 19.4 Å². The molecule has 25 heavy (non-hydrogen) atoms. The minimum Gasteiger partial charge on any atom is -0.342 e. The smallest absolute Gasteiger partial charge is 0.227 e. The molecule has 0 saturated carbocycles. The van der Waals surface area contributed by atoms with E-state index in [1.165, 1.54) is 6.42 Å². The number of hydrogen-bond acceptors (Lipinski definition) is 3. The van der Waals surface area contributed by atoms with Crippen LogP contribution in [-0.2, 0) is 16.6 Å². The molecule has 0 spiro atoms. The molecule has 0 aliphatic carbocycles. The van der Waals surface area contributed by atoms with E-state index in [9.17, 15) is 9.59 Å². The van der Waals surface area contributed by atoms with Gasteiger partial charge in [-0.3, -0.25) is 14.3 Å². The van der Waals surface area contributed by atoms with Gasteiger partial charge in [-0.1, -0.05) is 13.8 Å². The first-order valence-electron chi connectivity index (χ1n) is 9.52. The molecule has 0 bridgehead atoms. The summed E-state index contributed by atoms with van der Waals surface area (Å²) in [5.41, 5.74) is 0.792. The molecule has 1 unspecified atom stereocenters. The number of anilines is 1. The van der Waals surface area contributed by atoms with Gasteiger partial charge in [0.25, 0.3) is 0 Å². The number of carbonyl (C=O) groups excluding carboxylic acids is 2. The molecule has 0 aromatic carbocycles. The molecule has 1 aromatic heterocycles. The molecule has 2 aliphatic heterocycles. The van der Waals surface area contributed by atoms with Crippen molar-refractivity contribution < 1.29 is 9.59 Å². The number of hydrogen-bond donors (Lipinski definition) is 0. The molecule has 2 aliphatic rings. The predicted octanol–water partition coefficient (Wildman–Crippen LogP) is 2.45. The van der Waals surface area contributed by atoms with Gasteiger partial charge in [-0.05, 0) is 37.5 Å². The van der Waals surface area contributed by atoms with Gasteiger partial charge in [-0.15, -0.1) is 0 Å². The Hall–Kier alpha value is -1.85. The maximum atomic E-state index is 12.9. The Labute approximate surface area is 150 Å². The van der Waals surface area contributed by atoms with Crippen LogP contribution in [0, 0.1) is 17.8 Å². The molecule has 0 radical (unpaired) electrons. The molecule has 2 amide bonds. The summed E-state index contributed by atoms with van der Waals surface area (Å²) in [5, 5.41) is 4.15. The highest BCUT2D eigenvalue weighted by Gasteiger charge is 2.35. The summed E-state index contributed by atoms with van der Waals surface area (Å²) in [6, 6.07) is 0. The molecule has 1 aromatic rings. The Morgan fingerprint density at radius 2 is 2.00 bits per heavy atom. The van der Waals surface area contributed by atoms with E-state index < -0.39 is 0 Å². The van der Waals surface area contributed by atoms with E-state index in [1.54, 1.807) is 15.8 Å². The summed E-state index contributed by atoms with van der Waals surface area (Å²) < 4.78 is 1.69. The first kappa shape index (κ1) is 18.0. The summed E-state index contributed by atoms with van der Waals surface area (Å²) in [7, 11) is 1.84. The molecule has 2 fully saturated rings. The number of likely N-dealkylation sites (tertiary alicyclic amines) is 1. The Bertz CT molecular complexity index is 617. The van der Waals surface area contributed by atoms with E-state index in [4.69, 9.17) is 0 Å². The topological polar surface area (TPSA) is 58.4 Å². The molecule has 0 N–H and O–H groups in total. The average molecular weight is 346 g/mol. The van der Waals surface area contributed by atoms with Crippen molar-refractivity contribution in [1.29, 1.82) is 0 Å². The van der Waals surface area contributed by atoms with Crippen LogP contribution < -0.4 is 4.90 Å². The third-order valence-corrected chi connectivity index (χ3v) is 5.49. The Balaban J connectivity index is 1.58. The van der Waals surface area contributed by atoms with E-state index in [-0.39, 0.29) is 17.7 Å². The number of aromatic nitrogens is 2. The lowest BCUT2D eigenvalue weighted by Gasteiger charge is -2.37. The standard InChI is InChI=1S/C19H30N4O2/c1-14(2)10-15-6-8-22(9-7-15)19(25)16-4-5-18(24)23(12-16)17-11-20-21(3)13-17/h11,13-16H,4-10,12H2,1-3H3. The SMILES string of the molecule is CC(C)CC1CCN(C(=O)C2CCC(=O)N(c3cnn(C)c3)C2)CC1. The second kappa shape index (κ2) is 7.58. The van der Waals surface area contributed by atoms with Crippen molar-refractivity contribution >= 4 is 17.5 Å². The van der Waals surface area contributed by atoms with E-state index >= 15 is 0 Å². The van der Waals surface area contributed by atoms with Crippen molar-refractivity contribution in [3.05, 3.63) is 12.4 Å². The number of aryl methyl sites for hydroxylation is 1. The molecule has 2 saturated heterocycles. The van der Waals surface area contributed by atoms with Crippen LogP contribution in [0.2, 0.25) is 0 Å². The van der Waals surface area contributed by atoms with Crippen molar-refractivity contribution in [2.45, 2.75) is 46.0 Å².